The first-order chi connectivity index (χ1) is 8.99. The van der Waals surface area contributed by atoms with Crippen LogP contribution in [0.5, 0.6) is 0 Å². The van der Waals surface area contributed by atoms with E-state index in [4.69, 9.17) is 4.52 Å². The molecule has 0 saturated heterocycles. The summed E-state index contributed by atoms with van der Waals surface area (Å²) in [4.78, 5) is 34.9. The molecule has 100 valence electrons. The summed E-state index contributed by atoms with van der Waals surface area (Å²) in [6.07, 6.45) is 0. The molecule has 0 N–H and O–H groups in total. The number of carbonyl (C=O) groups is 2. The lowest BCUT2D eigenvalue weighted by atomic mass is 10.0. The van der Waals surface area contributed by atoms with E-state index in [0.29, 0.717) is 5.52 Å². The quantitative estimate of drug-likeness (QED) is 0.743. The van der Waals surface area contributed by atoms with Crippen molar-refractivity contribution in [3.05, 3.63) is 33.7 Å². The molecule has 0 aliphatic rings. The van der Waals surface area contributed by atoms with Crippen LogP contribution in [0.4, 0.5) is 0 Å². The first-order valence-corrected chi connectivity index (χ1v) is 5.30. The van der Waals surface area contributed by atoms with E-state index in [9.17, 15) is 14.4 Å². The Bertz CT molecular complexity index is 724. The van der Waals surface area contributed by atoms with Crippen LogP contribution in [0.1, 0.15) is 20.7 Å². The molecule has 2 aromatic rings. The van der Waals surface area contributed by atoms with Crippen LogP contribution in [0.15, 0.2) is 21.5 Å². The van der Waals surface area contributed by atoms with Gasteiger partial charge in [0.1, 0.15) is 0 Å². The maximum Gasteiger partial charge on any atom is 0.365 e. The van der Waals surface area contributed by atoms with Crippen LogP contribution in [0, 0.1) is 0 Å². The topological polar surface area (TPSA) is 87.7 Å². The normalized spacial score (nSPS) is 10.5. The van der Waals surface area contributed by atoms with Gasteiger partial charge in [-0.1, -0.05) is 0 Å². The number of hydrogen-bond acceptors (Lipinski definition) is 6. The van der Waals surface area contributed by atoms with Crippen molar-refractivity contribution < 1.29 is 23.6 Å². The number of fused-ring (bicyclic) bond motifs is 1. The van der Waals surface area contributed by atoms with Crippen LogP contribution in [0.2, 0.25) is 0 Å². The average molecular weight is 265 g/mol. The minimum Gasteiger partial charge on any atom is -0.465 e. The number of benzene rings is 1. The molecule has 0 radical (unpaired) electrons. The van der Waals surface area contributed by atoms with Gasteiger partial charge >= 0.3 is 17.6 Å². The lowest BCUT2D eigenvalue weighted by Crippen LogP contribution is -2.12. The molecule has 7 heteroatoms. The molecule has 7 nitrogen and oxygen atoms in total. The molecule has 0 unspecified atom stereocenters. The second-order valence-electron chi connectivity index (χ2n) is 3.77. The Morgan fingerprint density at radius 1 is 1.11 bits per heavy atom. The highest BCUT2D eigenvalue weighted by atomic mass is 16.5. The van der Waals surface area contributed by atoms with E-state index in [1.54, 1.807) is 0 Å². The van der Waals surface area contributed by atoms with Crippen molar-refractivity contribution in [2.45, 2.75) is 0 Å². The lowest BCUT2D eigenvalue weighted by molar-refractivity contribution is 0.0555. The number of aryl methyl sites for hydroxylation is 1. The number of esters is 2. The zero-order valence-electron chi connectivity index (χ0n) is 10.6. The van der Waals surface area contributed by atoms with Crippen LogP contribution >= 0.6 is 0 Å². The fourth-order valence-electron chi connectivity index (χ4n) is 1.79. The maximum atomic E-state index is 11.7. The van der Waals surface area contributed by atoms with Crippen molar-refractivity contribution in [2.24, 2.45) is 7.05 Å². The molecular formula is C12H11NO6. The van der Waals surface area contributed by atoms with Gasteiger partial charge in [0.25, 0.3) is 0 Å². The number of aromatic nitrogens is 1. The van der Waals surface area contributed by atoms with Crippen LogP contribution in [0.3, 0.4) is 0 Å². The van der Waals surface area contributed by atoms with E-state index in [1.807, 2.05) is 0 Å². The van der Waals surface area contributed by atoms with E-state index in [2.05, 4.69) is 9.47 Å². The third kappa shape index (κ3) is 1.99. The molecule has 0 aliphatic carbocycles. The standard InChI is InChI=1S/C12H11NO6/c1-13-9-5-7(11(15)18-3)6(10(14)17-2)4-8(9)12(16)19-13/h4-5H,1-3H3. The fourth-order valence-corrected chi connectivity index (χ4v) is 1.79. The van der Waals surface area contributed by atoms with Gasteiger partial charge in [-0.2, -0.15) is 0 Å². The largest absolute Gasteiger partial charge is 0.465 e. The summed E-state index contributed by atoms with van der Waals surface area (Å²) in [6, 6.07) is 2.62. The number of hydrogen-bond donors (Lipinski definition) is 0. The molecule has 2 rings (SSSR count). The van der Waals surface area contributed by atoms with Crippen molar-refractivity contribution in [1.29, 1.82) is 0 Å². The van der Waals surface area contributed by atoms with Gasteiger partial charge in [0, 0.05) is 7.05 Å². The first-order valence-electron chi connectivity index (χ1n) is 5.30. The molecule has 0 amide bonds. The monoisotopic (exact) mass is 265 g/mol. The molecular weight excluding hydrogens is 254 g/mol. The Morgan fingerprint density at radius 3 is 2.16 bits per heavy atom. The predicted molar refractivity (Wildman–Crippen MR) is 64.1 cm³/mol. The SMILES string of the molecule is COC(=O)c1cc2c(=O)on(C)c2cc1C(=O)OC. The van der Waals surface area contributed by atoms with Crippen LogP contribution in [-0.2, 0) is 16.5 Å². The van der Waals surface area contributed by atoms with E-state index >= 15 is 0 Å². The van der Waals surface area contributed by atoms with Gasteiger partial charge in [-0.15, -0.1) is 0 Å². The smallest absolute Gasteiger partial charge is 0.365 e. The molecule has 0 bridgehead atoms. The maximum absolute atomic E-state index is 11.7. The summed E-state index contributed by atoms with van der Waals surface area (Å²) in [5, 5.41) is 0.190. The van der Waals surface area contributed by atoms with Crippen molar-refractivity contribution in [1.82, 2.24) is 4.74 Å². The summed E-state index contributed by atoms with van der Waals surface area (Å²) in [5.74, 6) is -1.43. The third-order valence-electron chi connectivity index (χ3n) is 2.73. The summed E-state index contributed by atoms with van der Waals surface area (Å²) in [6.45, 7) is 0. The fraction of sp³-hybridized carbons (Fsp3) is 0.250. The Labute approximate surface area is 107 Å². The molecule has 0 fully saturated rings. The third-order valence-corrected chi connectivity index (χ3v) is 2.73. The highest BCUT2D eigenvalue weighted by Gasteiger charge is 2.22. The molecule has 1 heterocycles. The van der Waals surface area contributed by atoms with E-state index in [1.165, 1.54) is 38.1 Å². The highest BCUT2D eigenvalue weighted by Crippen LogP contribution is 2.20. The molecule has 0 spiro atoms. The van der Waals surface area contributed by atoms with Gasteiger partial charge in [-0.25, -0.2) is 19.1 Å². The van der Waals surface area contributed by atoms with Gasteiger partial charge < -0.3 is 14.0 Å². The molecule has 1 aromatic carbocycles. The average Bonchev–Trinajstić information content (AvgIpc) is 2.70. The Kier molecular flexibility index (Phi) is 3.12. The Balaban J connectivity index is 2.83. The Morgan fingerprint density at radius 2 is 1.63 bits per heavy atom. The number of ether oxygens (including phenoxy) is 2. The van der Waals surface area contributed by atoms with Gasteiger partial charge in [0.15, 0.2) is 0 Å². The predicted octanol–water partition coefficient (Wildman–Crippen LogP) is 0.705. The molecule has 0 saturated carbocycles. The zero-order chi connectivity index (χ0) is 14.2. The summed E-state index contributed by atoms with van der Waals surface area (Å²) in [7, 11) is 3.89. The number of methoxy groups -OCH3 is 2. The van der Waals surface area contributed by atoms with Crippen LogP contribution in [0.25, 0.3) is 10.9 Å². The molecule has 1 aromatic heterocycles. The van der Waals surface area contributed by atoms with E-state index in [-0.39, 0.29) is 16.5 Å². The number of rotatable bonds is 2. The van der Waals surface area contributed by atoms with Gasteiger partial charge in [0.2, 0.25) is 0 Å². The van der Waals surface area contributed by atoms with Crippen molar-refractivity contribution in [3.63, 3.8) is 0 Å². The van der Waals surface area contributed by atoms with E-state index < -0.39 is 17.6 Å². The van der Waals surface area contributed by atoms with Crippen LogP contribution < -0.4 is 5.63 Å². The molecule has 0 aliphatic heterocycles. The van der Waals surface area contributed by atoms with E-state index in [0.717, 1.165) is 0 Å². The minimum atomic E-state index is -0.731. The summed E-state index contributed by atoms with van der Waals surface area (Å²) >= 11 is 0. The van der Waals surface area contributed by atoms with Gasteiger partial charge in [-0.3, -0.25) is 0 Å². The second kappa shape index (κ2) is 4.60. The zero-order valence-corrected chi connectivity index (χ0v) is 10.6. The molecule has 19 heavy (non-hydrogen) atoms. The molecule has 0 atom stereocenters. The number of nitrogens with zero attached hydrogens (tertiary/aromatic N) is 1. The van der Waals surface area contributed by atoms with Crippen molar-refractivity contribution in [3.8, 4) is 0 Å². The second-order valence-corrected chi connectivity index (χ2v) is 3.77. The van der Waals surface area contributed by atoms with Crippen molar-refractivity contribution >= 4 is 22.8 Å². The number of carbonyl (C=O) groups excluding carboxylic acids is 2. The van der Waals surface area contributed by atoms with Gasteiger partial charge in [0.05, 0.1) is 36.2 Å². The van der Waals surface area contributed by atoms with Crippen molar-refractivity contribution in [2.75, 3.05) is 14.2 Å². The lowest BCUT2D eigenvalue weighted by Gasteiger charge is -2.06. The van der Waals surface area contributed by atoms with Crippen LogP contribution in [-0.4, -0.2) is 30.9 Å². The highest BCUT2D eigenvalue weighted by molar-refractivity contribution is 6.06. The summed E-state index contributed by atoms with van der Waals surface area (Å²) < 4.78 is 15.3. The Hall–Kier alpha value is -2.57. The first kappa shape index (κ1) is 12.9. The minimum absolute atomic E-state index is 0.0123. The van der Waals surface area contributed by atoms with Gasteiger partial charge in [-0.05, 0) is 12.1 Å². The summed E-state index contributed by atoms with van der Waals surface area (Å²) in [5.41, 5.74) is -0.240.